The molecular formula is C11H15NO4. The molecule has 0 N–H and O–H groups in total. The van der Waals surface area contributed by atoms with E-state index in [4.69, 9.17) is 9.47 Å². The van der Waals surface area contributed by atoms with Gasteiger partial charge in [-0.15, -0.1) is 0 Å². The largest absolute Gasteiger partial charge is 0.352 e. The van der Waals surface area contributed by atoms with Crippen molar-refractivity contribution in [3.63, 3.8) is 0 Å². The molecule has 0 spiro atoms. The summed E-state index contributed by atoms with van der Waals surface area (Å²) >= 11 is 0. The topological polar surface area (TPSA) is 61.6 Å². The van der Waals surface area contributed by atoms with Crippen LogP contribution in [0.5, 0.6) is 0 Å². The number of nitro groups is 1. The van der Waals surface area contributed by atoms with Crippen molar-refractivity contribution in [2.24, 2.45) is 0 Å². The normalized spacial score (nSPS) is 10.8. The third-order valence-corrected chi connectivity index (χ3v) is 2.56. The molecule has 0 saturated carbocycles. The molecule has 0 radical (unpaired) electrons. The highest BCUT2D eigenvalue weighted by molar-refractivity contribution is 5.48. The van der Waals surface area contributed by atoms with Gasteiger partial charge >= 0.3 is 0 Å². The van der Waals surface area contributed by atoms with Gasteiger partial charge in [0.1, 0.15) is 0 Å². The van der Waals surface area contributed by atoms with Crippen molar-refractivity contribution in [3.8, 4) is 0 Å². The van der Waals surface area contributed by atoms with Gasteiger partial charge in [-0.2, -0.15) is 0 Å². The molecule has 0 aliphatic rings. The zero-order valence-corrected chi connectivity index (χ0v) is 9.81. The van der Waals surface area contributed by atoms with Gasteiger partial charge < -0.3 is 9.47 Å². The molecule has 1 aromatic carbocycles. The molecule has 0 heterocycles. The first-order valence-corrected chi connectivity index (χ1v) is 4.83. The molecule has 16 heavy (non-hydrogen) atoms. The summed E-state index contributed by atoms with van der Waals surface area (Å²) in [7, 11) is 3.01. The molecule has 0 aliphatic heterocycles. The van der Waals surface area contributed by atoms with E-state index in [2.05, 4.69) is 0 Å². The second-order valence-corrected chi connectivity index (χ2v) is 3.50. The molecular weight excluding hydrogens is 210 g/mol. The number of nitro benzene ring substituents is 1. The molecule has 1 aromatic rings. The zero-order chi connectivity index (χ0) is 12.3. The third kappa shape index (κ3) is 2.20. The number of methoxy groups -OCH3 is 2. The Kier molecular flexibility index (Phi) is 3.98. The fraction of sp³-hybridized carbons (Fsp3) is 0.455. The maximum absolute atomic E-state index is 10.8. The van der Waals surface area contributed by atoms with Gasteiger partial charge in [-0.05, 0) is 19.4 Å². The second-order valence-electron chi connectivity index (χ2n) is 3.50. The average molecular weight is 225 g/mol. The Hall–Kier alpha value is -1.46. The van der Waals surface area contributed by atoms with E-state index in [9.17, 15) is 10.1 Å². The SMILES string of the molecule is COC(OC)c1c(C)ccc([N+](=O)[O-])c1C. The lowest BCUT2D eigenvalue weighted by Crippen LogP contribution is -2.09. The first kappa shape index (κ1) is 12.6. The van der Waals surface area contributed by atoms with Gasteiger partial charge in [0.15, 0.2) is 6.29 Å². The predicted octanol–water partition coefficient (Wildman–Crippen LogP) is 2.50. The molecule has 0 aliphatic carbocycles. The van der Waals surface area contributed by atoms with Gasteiger partial charge in [0.05, 0.1) is 4.92 Å². The highest BCUT2D eigenvalue weighted by Crippen LogP contribution is 2.30. The Morgan fingerprint density at radius 3 is 2.25 bits per heavy atom. The lowest BCUT2D eigenvalue weighted by Gasteiger charge is -2.18. The fourth-order valence-electron chi connectivity index (χ4n) is 1.74. The Labute approximate surface area is 94.1 Å². The quantitative estimate of drug-likeness (QED) is 0.448. The lowest BCUT2D eigenvalue weighted by molar-refractivity contribution is -0.385. The van der Waals surface area contributed by atoms with Crippen LogP contribution < -0.4 is 0 Å². The van der Waals surface area contributed by atoms with Gasteiger partial charge in [0.25, 0.3) is 5.69 Å². The van der Waals surface area contributed by atoms with Crippen molar-refractivity contribution in [3.05, 3.63) is 38.9 Å². The second kappa shape index (κ2) is 5.05. The van der Waals surface area contributed by atoms with Crippen LogP contribution in [0.2, 0.25) is 0 Å². The van der Waals surface area contributed by atoms with Crippen LogP contribution in [0.3, 0.4) is 0 Å². The van der Waals surface area contributed by atoms with Crippen molar-refractivity contribution < 1.29 is 14.4 Å². The summed E-state index contributed by atoms with van der Waals surface area (Å²) < 4.78 is 10.3. The molecule has 0 fully saturated rings. The van der Waals surface area contributed by atoms with E-state index in [0.29, 0.717) is 5.56 Å². The van der Waals surface area contributed by atoms with E-state index in [1.165, 1.54) is 20.3 Å². The molecule has 0 saturated heterocycles. The van der Waals surface area contributed by atoms with Crippen molar-refractivity contribution >= 4 is 5.69 Å². The van der Waals surface area contributed by atoms with Crippen molar-refractivity contribution in [2.45, 2.75) is 20.1 Å². The minimum Gasteiger partial charge on any atom is -0.352 e. The minimum atomic E-state index is -0.570. The fourth-order valence-corrected chi connectivity index (χ4v) is 1.74. The molecule has 5 heteroatoms. The summed E-state index contributed by atoms with van der Waals surface area (Å²) in [4.78, 5) is 10.4. The molecule has 0 unspecified atom stereocenters. The summed E-state index contributed by atoms with van der Waals surface area (Å²) in [5.41, 5.74) is 2.30. The van der Waals surface area contributed by atoms with E-state index >= 15 is 0 Å². The van der Waals surface area contributed by atoms with Gasteiger partial charge in [-0.1, -0.05) is 6.07 Å². The summed E-state index contributed by atoms with van der Waals surface area (Å²) in [5.74, 6) is 0. The van der Waals surface area contributed by atoms with Crippen LogP contribution >= 0.6 is 0 Å². The molecule has 1 rings (SSSR count). The Morgan fingerprint density at radius 1 is 1.25 bits per heavy atom. The molecule has 0 aromatic heterocycles. The summed E-state index contributed by atoms with van der Waals surface area (Å²) in [6.07, 6.45) is -0.570. The van der Waals surface area contributed by atoms with Crippen molar-refractivity contribution in [1.29, 1.82) is 0 Å². The summed E-state index contributed by atoms with van der Waals surface area (Å²) in [5, 5.41) is 10.8. The maximum atomic E-state index is 10.8. The number of hydrogen-bond acceptors (Lipinski definition) is 4. The Bertz CT molecular complexity index is 399. The maximum Gasteiger partial charge on any atom is 0.272 e. The van der Waals surface area contributed by atoms with Gasteiger partial charge in [0.2, 0.25) is 0 Å². The highest BCUT2D eigenvalue weighted by Gasteiger charge is 2.21. The molecule has 88 valence electrons. The Balaban J connectivity index is 3.36. The highest BCUT2D eigenvalue weighted by atomic mass is 16.7. The first-order chi connectivity index (χ1) is 7.52. The molecule has 5 nitrogen and oxygen atoms in total. The number of hydrogen-bond donors (Lipinski definition) is 0. The third-order valence-electron chi connectivity index (χ3n) is 2.56. The Morgan fingerprint density at radius 2 is 1.81 bits per heavy atom. The van der Waals surface area contributed by atoms with E-state index < -0.39 is 11.2 Å². The van der Waals surface area contributed by atoms with Crippen molar-refractivity contribution in [1.82, 2.24) is 0 Å². The monoisotopic (exact) mass is 225 g/mol. The summed E-state index contributed by atoms with van der Waals surface area (Å²) in [6.45, 7) is 3.57. The first-order valence-electron chi connectivity index (χ1n) is 4.83. The van der Waals surface area contributed by atoms with Gasteiger partial charge in [0, 0.05) is 31.4 Å². The van der Waals surface area contributed by atoms with Crippen molar-refractivity contribution in [2.75, 3.05) is 14.2 Å². The predicted molar refractivity (Wildman–Crippen MR) is 59.3 cm³/mol. The summed E-state index contributed by atoms with van der Waals surface area (Å²) in [6, 6.07) is 3.20. The van der Waals surface area contributed by atoms with Crippen LogP contribution in [0, 0.1) is 24.0 Å². The number of benzene rings is 1. The standard InChI is InChI=1S/C11H15NO4/c1-7-5-6-9(12(13)14)8(2)10(7)11(15-3)16-4/h5-6,11H,1-4H3. The molecule has 0 bridgehead atoms. The van der Waals surface area contributed by atoms with E-state index in [-0.39, 0.29) is 5.69 Å². The van der Waals surface area contributed by atoms with Gasteiger partial charge in [-0.25, -0.2) is 0 Å². The molecule has 0 amide bonds. The van der Waals surface area contributed by atoms with Gasteiger partial charge in [-0.3, -0.25) is 10.1 Å². The lowest BCUT2D eigenvalue weighted by atomic mass is 10.0. The average Bonchev–Trinajstić information content (AvgIpc) is 2.23. The van der Waals surface area contributed by atoms with Crippen LogP contribution in [-0.2, 0) is 9.47 Å². The minimum absolute atomic E-state index is 0.0831. The smallest absolute Gasteiger partial charge is 0.272 e. The van der Waals surface area contributed by atoms with Crippen LogP contribution in [0.25, 0.3) is 0 Å². The number of rotatable bonds is 4. The molecule has 0 atom stereocenters. The van der Waals surface area contributed by atoms with Crippen LogP contribution in [0.4, 0.5) is 5.69 Å². The van der Waals surface area contributed by atoms with Crippen LogP contribution in [-0.4, -0.2) is 19.1 Å². The van der Waals surface area contributed by atoms with E-state index in [1.807, 2.05) is 6.92 Å². The number of aryl methyl sites for hydroxylation is 1. The van der Waals surface area contributed by atoms with Crippen LogP contribution in [0.1, 0.15) is 23.0 Å². The van der Waals surface area contributed by atoms with Crippen LogP contribution in [0.15, 0.2) is 12.1 Å². The van der Waals surface area contributed by atoms with E-state index in [0.717, 1.165) is 11.1 Å². The zero-order valence-electron chi connectivity index (χ0n) is 9.81. The number of nitrogens with zero attached hydrogens (tertiary/aromatic N) is 1. The van der Waals surface area contributed by atoms with E-state index in [1.54, 1.807) is 13.0 Å². The number of ether oxygens (including phenoxy) is 2.